The van der Waals surface area contributed by atoms with E-state index in [2.05, 4.69) is 17.1 Å². The second kappa shape index (κ2) is 4.67. The Bertz CT molecular complexity index is 108. The maximum atomic E-state index is 12.0. The number of halogens is 1. The molecule has 1 heterocycles. The zero-order valence-electron chi connectivity index (χ0n) is 7.15. The predicted molar refractivity (Wildman–Crippen MR) is 44.5 cm³/mol. The lowest BCUT2D eigenvalue weighted by Gasteiger charge is -2.24. The molecule has 1 unspecified atom stereocenters. The second-order valence-electron chi connectivity index (χ2n) is 3.13. The fourth-order valence-corrected chi connectivity index (χ4v) is 1.51. The Morgan fingerprint density at radius 3 is 3.18 bits per heavy atom. The fraction of sp³-hybridized carbons (Fsp3) is 1.00. The third-order valence-corrected chi connectivity index (χ3v) is 2.23. The molecule has 0 aliphatic carbocycles. The van der Waals surface area contributed by atoms with E-state index in [4.69, 9.17) is 0 Å². The Morgan fingerprint density at radius 1 is 1.64 bits per heavy atom. The van der Waals surface area contributed by atoms with Crippen molar-refractivity contribution in [1.29, 1.82) is 0 Å². The van der Waals surface area contributed by atoms with Gasteiger partial charge in [0.15, 0.2) is 0 Å². The quantitative estimate of drug-likeness (QED) is 0.637. The Labute approximate surface area is 67.8 Å². The SMILES string of the molecule is CC1CNCCCN1CCF. The zero-order valence-corrected chi connectivity index (χ0v) is 7.15. The summed E-state index contributed by atoms with van der Waals surface area (Å²) < 4.78 is 12.0. The van der Waals surface area contributed by atoms with Crippen LogP contribution in [0.15, 0.2) is 0 Å². The van der Waals surface area contributed by atoms with Gasteiger partial charge in [0.25, 0.3) is 0 Å². The van der Waals surface area contributed by atoms with E-state index in [9.17, 15) is 4.39 Å². The van der Waals surface area contributed by atoms with Crippen LogP contribution >= 0.6 is 0 Å². The third kappa shape index (κ3) is 2.75. The monoisotopic (exact) mass is 160 g/mol. The van der Waals surface area contributed by atoms with Crippen LogP contribution in [0.1, 0.15) is 13.3 Å². The van der Waals surface area contributed by atoms with Crippen molar-refractivity contribution >= 4 is 0 Å². The number of nitrogens with zero attached hydrogens (tertiary/aromatic N) is 1. The van der Waals surface area contributed by atoms with Crippen LogP contribution in [0.3, 0.4) is 0 Å². The van der Waals surface area contributed by atoms with Gasteiger partial charge in [-0.15, -0.1) is 0 Å². The maximum Gasteiger partial charge on any atom is 0.102 e. The highest BCUT2D eigenvalue weighted by Gasteiger charge is 2.15. The molecule has 0 saturated carbocycles. The van der Waals surface area contributed by atoms with E-state index in [1.165, 1.54) is 0 Å². The number of hydrogen-bond acceptors (Lipinski definition) is 2. The molecule has 1 fully saturated rings. The van der Waals surface area contributed by atoms with E-state index in [0.717, 1.165) is 26.1 Å². The van der Waals surface area contributed by atoms with E-state index < -0.39 is 0 Å². The summed E-state index contributed by atoms with van der Waals surface area (Å²) in [5.74, 6) is 0. The van der Waals surface area contributed by atoms with Gasteiger partial charge in [-0.1, -0.05) is 0 Å². The van der Waals surface area contributed by atoms with Crippen molar-refractivity contribution in [3.63, 3.8) is 0 Å². The molecule has 1 aliphatic rings. The predicted octanol–water partition coefficient (Wildman–Crippen LogP) is 0.640. The molecule has 1 N–H and O–H groups in total. The van der Waals surface area contributed by atoms with Crippen molar-refractivity contribution in [3.05, 3.63) is 0 Å². The smallest absolute Gasteiger partial charge is 0.102 e. The van der Waals surface area contributed by atoms with Gasteiger partial charge in [-0.3, -0.25) is 4.90 Å². The van der Waals surface area contributed by atoms with Crippen LogP contribution in [0, 0.1) is 0 Å². The molecular weight excluding hydrogens is 143 g/mol. The van der Waals surface area contributed by atoms with Gasteiger partial charge in [0.1, 0.15) is 6.67 Å². The molecule has 2 nitrogen and oxygen atoms in total. The molecule has 11 heavy (non-hydrogen) atoms. The lowest BCUT2D eigenvalue weighted by atomic mass is 10.3. The lowest BCUT2D eigenvalue weighted by molar-refractivity contribution is 0.204. The molecule has 0 radical (unpaired) electrons. The summed E-state index contributed by atoms with van der Waals surface area (Å²) in [4.78, 5) is 2.21. The number of nitrogens with one attached hydrogen (secondary N) is 1. The Hall–Kier alpha value is -0.150. The van der Waals surface area contributed by atoms with E-state index in [-0.39, 0.29) is 6.67 Å². The van der Waals surface area contributed by atoms with E-state index in [1.807, 2.05) is 0 Å². The van der Waals surface area contributed by atoms with Gasteiger partial charge < -0.3 is 5.32 Å². The van der Waals surface area contributed by atoms with E-state index >= 15 is 0 Å². The Kier molecular flexibility index (Phi) is 3.80. The molecule has 1 rings (SSSR count). The number of rotatable bonds is 2. The summed E-state index contributed by atoms with van der Waals surface area (Å²) in [5, 5.41) is 3.32. The van der Waals surface area contributed by atoms with Gasteiger partial charge in [-0.2, -0.15) is 0 Å². The molecular formula is C8H17FN2. The average Bonchev–Trinajstić information content (AvgIpc) is 2.18. The first-order valence-corrected chi connectivity index (χ1v) is 4.35. The molecule has 0 spiro atoms. The highest BCUT2D eigenvalue weighted by molar-refractivity contribution is 4.73. The van der Waals surface area contributed by atoms with Crippen molar-refractivity contribution < 1.29 is 4.39 Å². The third-order valence-electron chi connectivity index (χ3n) is 2.23. The van der Waals surface area contributed by atoms with Crippen LogP contribution < -0.4 is 5.32 Å². The van der Waals surface area contributed by atoms with Gasteiger partial charge in [0.2, 0.25) is 0 Å². The Morgan fingerprint density at radius 2 is 2.45 bits per heavy atom. The van der Waals surface area contributed by atoms with Crippen LogP contribution in [-0.4, -0.2) is 43.8 Å². The Balaban J connectivity index is 2.32. The molecule has 0 bridgehead atoms. The first-order chi connectivity index (χ1) is 5.34. The molecule has 0 amide bonds. The van der Waals surface area contributed by atoms with Crippen LogP contribution in [0.2, 0.25) is 0 Å². The number of alkyl halides is 1. The molecule has 1 aliphatic heterocycles. The maximum absolute atomic E-state index is 12.0. The van der Waals surface area contributed by atoms with Gasteiger partial charge in [0, 0.05) is 19.1 Å². The topological polar surface area (TPSA) is 15.3 Å². The molecule has 0 aromatic heterocycles. The van der Waals surface area contributed by atoms with Crippen LogP contribution in [0.5, 0.6) is 0 Å². The largest absolute Gasteiger partial charge is 0.315 e. The highest BCUT2D eigenvalue weighted by atomic mass is 19.1. The highest BCUT2D eigenvalue weighted by Crippen LogP contribution is 2.02. The average molecular weight is 160 g/mol. The molecule has 1 atom stereocenters. The van der Waals surface area contributed by atoms with E-state index in [0.29, 0.717) is 12.6 Å². The standard InChI is InChI=1S/C8H17FN2/c1-8-7-10-4-2-5-11(8)6-3-9/h8,10H,2-7H2,1H3. The zero-order chi connectivity index (χ0) is 8.10. The van der Waals surface area contributed by atoms with Crippen molar-refractivity contribution in [2.45, 2.75) is 19.4 Å². The summed E-state index contributed by atoms with van der Waals surface area (Å²) in [6.07, 6.45) is 1.14. The molecule has 1 saturated heterocycles. The van der Waals surface area contributed by atoms with Crippen molar-refractivity contribution in [2.24, 2.45) is 0 Å². The van der Waals surface area contributed by atoms with Gasteiger partial charge in [-0.05, 0) is 26.4 Å². The molecule has 3 heteroatoms. The van der Waals surface area contributed by atoms with Crippen LogP contribution in [0.25, 0.3) is 0 Å². The first-order valence-electron chi connectivity index (χ1n) is 4.35. The minimum Gasteiger partial charge on any atom is -0.315 e. The second-order valence-corrected chi connectivity index (χ2v) is 3.13. The lowest BCUT2D eigenvalue weighted by Crippen LogP contribution is -2.38. The minimum absolute atomic E-state index is 0.218. The summed E-state index contributed by atoms with van der Waals surface area (Å²) in [5.41, 5.74) is 0. The van der Waals surface area contributed by atoms with Crippen LogP contribution in [0.4, 0.5) is 4.39 Å². The van der Waals surface area contributed by atoms with Gasteiger partial charge in [0.05, 0.1) is 0 Å². The normalized spacial score (nSPS) is 28.4. The first kappa shape index (κ1) is 8.94. The van der Waals surface area contributed by atoms with E-state index in [1.54, 1.807) is 0 Å². The fourth-order valence-electron chi connectivity index (χ4n) is 1.51. The minimum atomic E-state index is -0.218. The summed E-state index contributed by atoms with van der Waals surface area (Å²) in [6, 6.07) is 0.494. The summed E-state index contributed by atoms with van der Waals surface area (Å²) >= 11 is 0. The molecule has 66 valence electrons. The molecule has 0 aromatic carbocycles. The van der Waals surface area contributed by atoms with Gasteiger partial charge >= 0.3 is 0 Å². The summed E-state index contributed by atoms with van der Waals surface area (Å²) in [6.45, 7) is 5.65. The summed E-state index contributed by atoms with van der Waals surface area (Å²) in [7, 11) is 0. The van der Waals surface area contributed by atoms with Gasteiger partial charge in [-0.25, -0.2) is 4.39 Å². The number of hydrogen-bond donors (Lipinski definition) is 1. The van der Waals surface area contributed by atoms with Crippen molar-refractivity contribution in [3.8, 4) is 0 Å². The molecule has 0 aromatic rings. The van der Waals surface area contributed by atoms with Crippen LogP contribution in [-0.2, 0) is 0 Å². The van der Waals surface area contributed by atoms with Crippen molar-refractivity contribution in [1.82, 2.24) is 10.2 Å². The van der Waals surface area contributed by atoms with Crippen molar-refractivity contribution in [2.75, 3.05) is 32.9 Å².